The number of hydrogen-bond acceptors (Lipinski definition) is 4. The Hall–Kier alpha value is -0.870. The van der Waals surface area contributed by atoms with Crippen molar-refractivity contribution in [2.45, 2.75) is 39.7 Å². The molecule has 4 nitrogen and oxygen atoms in total. The van der Waals surface area contributed by atoms with Crippen LogP contribution >= 0.6 is 0 Å². The second-order valence-electron chi connectivity index (χ2n) is 4.17. The van der Waals surface area contributed by atoms with Crippen molar-refractivity contribution in [1.29, 1.82) is 0 Å². The third-order valence-corrected chi connectivity index (χ3v) is 2.19. The third-order valence-electron chi connectivity index (χ3n) is 2.19. The summed E-state index contributed by atoms with van der Waals surface area (Å²) in [7, 11) is 0. The van der Waals surface area contributed by atoms with Gasteiger partial charge in [0.25, 0.3) is 0 Å². The van der Waals surface area contributed by atoms with Crippen molar-refractivity contribution in [3.05, 3.63) is 17.3 Å². The predicted molar refractivity (Wildman–Crippen MR) is 58.7 cm³/mol. The zero-order chi connectivity index (χ0) is 11.5. The van der Waals surface area contributed by atoms with E-state index >= 15 is 0 Å². The first-order valence-corrected chi connectivity index (χ1v) is 5.35. The van der Waals surface area contributed by atoms with Gasteiger partial charge in [-0.3, -0.25) is 0 Å². The summed E-state index contributed by atoms with van der Waals surface area (Å²) < 4.78 is 5.48. The minimum absolute atomic E-state index is 0.633. The lowest BCUT2D eigenvalue weighted by Crippen LogP contribution is -2.18. The molecule has 0 aliphatic carbocycles. The van der Waals surface area contributed by atoms with Crippen LogP contribution in [0.5, 0.6) is 0 Å². The molecule has 0 bridgehead atoms. The number of aryl methyl sites for hydroxylation is 1. The summed E-state index contributed by atoms with van der Waals surface area (Å²) in [4.78, 5) is 4.30. The van der Waals surface area contributed by atoms with Crippen LogP contribution in [0.1, 0.15) is 38.1 Å². The Morgan fingerprint density at radius 2 is 2.13 bits per heavy atom. The summed E-state index contributed by atoms with van der Waals surface area (Å²) in [5.74, 6) is 1.39. The lowest BCUT2D eigenvalue weighted by Gasteiger charge is -2.13. The lowest BCUT2D eigenvalue weighted by molar-refractivity contribution is 0.0728. The van der Waals surface area contributed by atoms with Crippen LogP contribution in [0, 0.1) is 6.92 Å². The lowest BCUT2D eigenvalue weighted by atomic mass is 10.0. The number of hydrogen-bond donors (Lipinski definition) is 2. The van der Waals surface area contributed by atoms with E-state index in [1.54, 1.807) is 13.8 Å². The molecule has 0 radical (unpaired) electrons. The maximum atomic E-state index is 9.82. The molecule has 1 aromatic heterocycles. The molecular formula is C11H20N2O2. The van der Waals surface area contributed by atoms with Gasteiger partial charge in [-0.2, -0.15) is 0 Å². The summed E-state index contributed by atoms with van der Waals surface area (Å²) in [6.45, 7) is 9.11. The van der Waals surface area contributed by atoms with E-state index in [1.165, 1.54) is 0 Å². The third kappa shape index (κ3) is 3.32. The summed E-state index contributed by atoms with van der Waals surface area (Å²) >= 11 is 0. The molecule has 1 aromatic rings. The first-order valence-electron chi connectivity index (χ1n) is 5.35. The Kier molecular flexibility index (Phi) is 3.88. The second kappa shape index (κ2) is 4.77. The molecular weight excluding hydrogens is 192 g/mol. The van der Waals surface area contributed by atoms with E-state index < -0.39 is 5.60 Å². The van der Waals surface area contributed by atoms with Gasteiger partial charge in [0.05, 0.1) is 0 Å². The Balaban J connectivity index is 2.69. The molecule has 0 unspecified atom stereocenters. The molecule has 0 aliphatic heterocycles. The van der Waals surface area contributed by atoms with Crippen LogP contribution < -0.4 is 5.32 Å². The van der Waals surface area contributed by atoms with Gasteiger partial charge in [0, 0.05) is 13.0 Å². The monoisotopic (exact) mass is 212 g/mol. The van der Waals surface area contributed by atoms with Crippen molar-refractivity contribution in [2.75, 3.05) is 13.1 Å². The minimum Gasteiger partial charge on any atom is -0.446 e. The van der Waals surface area contributed by atoms with Crippen LogP contribution in [-0.4, -0.2) is 23.2 Å². The SMILES string of the molecule is CCNCCc1nc(C(C)(C)O)c(C)o1. The van der Waals surface area contributed by atoms with Crippen molar-refractivity contribution < 1.29 is 9.52 Å². The topological polar surface area (TPSA) is 58.3 Å². The molecule has 0 fully saturated rings. The molecule has 86 valence electrons. The summed E-state index contributed by atoms with van der Waals surface area (Å²) in [5, 5.41) is 13.0. The number of rotatable bonds is 5. The number of aromatic nitrogens is 1. The molecule has 0 saturated carbocycles. The van der Waals surface area contributed by atoms with Crippen molar-refractivity contribution >= 4 is 0 Å². The van der Waals surface area contributed by atoms with Crippen LogP contribution in [0.2, 0.25) is 0 Å². The number of aliphatic hydroxyl groups is 1. The fourth-order valence-corrected chi connectivity index (χ4v) is 1.50. The van der Waals surface area contributed by atoms with E-state index in [0.717, 1.165) is 19.5 Å². The highest BCUT2D eigenvalue weighted by atomic mass is 16.4. The van der Waals surface area contributed by atoms with Crippen LogP contribution in [0.25, 0.3) is 0 Å². The van der Waals surface area contributed by atoms with Gasteiger partial charge in [0.1, 0.15) is 17.1 Å². The Morgan fingerprint density at radius 3 is 2.60 bits per heavy atom. The van der Waals surface area contributed by atoms with Gasteiger partial charge in [0.15, 0.2) is 5.89 Å². The van der Waals surface area contributed by atoms with E-state index in [9.17, 15) is 5.11 Å². The number of nitrogens with zero attached hydrogens (tertiary/aromatic N) is 1. The van der Waals surface area contributed by atoms with E-state index in [4.69, 9.17) is 4.42 Å². The van der Waals surface area contributed by atoms with Crippen LogP contribution in [0.3, 0.4) is 0 Å². The molecule has 0 amide bonds. The molecule has 0 atom stereocenters. The largest absolute Gasteiger partial charge is 0.446 e. The summed E-state index contributed by atoms with van der Waals surface area (Å²) in [6.07, 6.45) is 0.755. The van der Waals surface area contributed by atoms with Crippen molar-refractivity contribution in [3.63, 3.8) is 0 Å². The first kappa shape index (κ1) is 12.2. The average molecular weight is 212 g/mol. The van der Waals surface area contributed by atoms with Gasteiger partial charge in [-0.25, -0.2) is 4.98 Å². The summed E-state index contributed by atoms with van der Waals surface area (Å²) in [6, 6.07) is 0. The predicted octanol–water partition coefficient (Wildman–Crippen LogP) is 1.36. The number of nitrogens with one attached hydrogen (secondary N) is 1. The highest BCUT2D eigenvalue weighted by Crippen LogP contribution is 2.23. The second-order valence-corrected chi connectivity index (χ2v) is 4.17. The van der Waals surface area contributed by atoms with E-state index in [1.807, 2.05) is 6.92 Å². The Morgan fingerprint density at radius 1 is 1.47 bits per heavy atom. The molecule has 15 heavy (non-hydrogen) atoms. The van der Waals surface area contributed by atoms with E-state index in [-0.39, 0.29) is 0 Å². The minimum atomic E-state index is -0.927. The van der Waals surface area contributed by atoms with Crippen molar-refractivity contribution in [2.24, 2.45) is 0 Å². The average Bonchev–Trinajstić information content (AvgIpc) is 2.47. The zero-order valence-corrected chi connectivity index (χ0v) is 9.92. The normalized spacial score (nSPS) is 12.1. The molecule has 1 rings (SSSR count). The van der Waals surface area contributed by atoms with Crippen LogP contribution in [-0.2, 0) is 12.0 Å². The fraction of sp³-hybridized carbons (Fsp3) is 0.727. The maximum absolute atomic E-state index is 9.82. The van der Waals surface area contributed by atoms with E-state index in [2.05, 4.69) is 17.2 Å². The van der Waals surface area contributed by atoms with Gasteiger partial charge in [-0.1, -0.05) is 6.92 Å². The number of oxazole rings is 1. The molecule has 0 saturated heterocycles. The molecule has 2 N–H and O–H groups in total. The molecule has 0 aromatic carbocycles. The van der Waals surface area contributed by atoms with Gasteiger partial charge in [-0.15, -0.1) is 0 Å². The first-order chi connectivity index (χ1) is 6.95. The smallest absolute Gasteiger partial charge is 0.195 e. The molecule has 4 heteroatoms. The van der Waals surface area contributed by atoms with E-state index in [0.29, 0.717) is 17.3 Å². The highest BCUT2D eigenvalue weighted by Gasteiger charge is 2.24. The molecule has 0 aliphatic rings. The molecule has 0 spiro atoms. The fourth-order valence-electron chi connectivity index (χ4n) is 1.50. The zero-order valence-electron chi connectivity index (χ0n) is 9.92. The quantitative estimate of drug-likeness (QED) is 0.724. The van der Waals surface area contributed by atoms with Crippen molar-refractivity contribution in [1.82, 2.24) is 10.3 Å². The van der Waals surface area contributed by atoms with Crippen LogP contribution in [0.4, 0.5) is 0 Å². The van der Waals surface area contributed by atoms with Gasteiger partial charge < -0.3 is 14.8 Å². The standard InChI is InChI=1S/C11H20N2O2/c1-5-12-7-6-9-13-10(8(2)15-9)11(3,4)14/h12,14H,5-7H2,1-4H3. The molecule has 1 heterocycles. The Labute approximate surface area is 90.7 Å². The van der Waals surface area contributed by atoms with Gasteiger partial charge in [0.2, 0.25) is 0 Å². The number of likely N-dealkylation sites (N-methyl/N-ethyl adjacent to an activating group) is 1. The Bertz CT molecular complexity index is 313. The van der Waals surface area contributed by atoms with Crippen molar-refractivity contribution in [3.8, 4) is 0 Å². The van der Waals surface area contributed by atoms with Gasteiger partial charge >= 0.3 is 0 Å². The van der Waals surface area contributed by atoms with Crippen LogP contribution in [0.15, 0.2) is 4.42 Å². The maximum Gasteiger partial charge on any atom is 0.195 e. The highest BCUT2D eigenvalue weighted by molar-refractivity contribution is 5.15. The summed E-state index contributed by atoms with van der Waals surface area (Å²) in [5.41, 5.74) is -0.293. The van der Waals surface area contributed by atoms with Gasteiger partial charge in [-0.05, 0) is 27.3 Å².